The third kappa shape index (κ3) is 5.84. The van der Waals surface area contributed by atoms with E-state index in [1.165, 1.54) is 12.3 Å². The fraction of sp³-hybridized carbons (Fsp3) is 0.375. The van der Waals surface area contributed by atoms with Crippen LogP contribution in [0.25, 0.3) is 6.08 Å². The standard InChI is InChI=1S/C24H26N4O2/c1-2-3-4-7-22(29)17-8-10-18(11-9-17)23(19-12-13-19)27-24(30)20(16-25)15-21-6-5-14-26-28-21/h5-6,8-11,14-15,19,23H,2-4,7,12-13H2,1H3,(H,27,30)/b20-15+. The maximum Gasteiger partial charge on any atom is 0.262 e. The lowest BCUT2D eigenvalue weighted by Gasteiger charge is -2.19. The normalized spacial score (nSPS) is 14.6. The predicted molar refractivity (Wildman–Crippen MR) is 114 cm³/mol. The van der Waals surface area contributed by atoms with E-state index in [4.69, 9.17) is 0 Å². The number of nitriles is 1. The first-order valence-corrected chi connectivity index (χ1v) is 10.5. The smallest absolute Gasteiger partial charge is 0.262 e. The third-order valence-electron chi connectivity index (χ3n) is 5.23. The summed E-state index contributed by atoms with van der Waals surface area (Å²) in [6.07, 6.45) is 8.64. The van der Waals surface area contributed by atoms with E-state index < -0.39 is 5.91 Å². The Hall–Kier alpha value is -3.33. The van der Waals surface area contributed by atoms with Crippen molar-refractivity contribution < 1.29 is 9.59 Å². The number of rotatable bonds is 10. The second kappa shape index (κ2) is 10.4. The molecule has 0 saturated heterocycles. The number of hydrogen-bond acceptors (Lipinski definition) is 5. The summed E-state index contributed by atoms with van der Waals surface area (Å²) in [6.45, 7) is 2.12. The number of aromatic nitrogens is 2. The summed E-state index contributed by atoms with van der Waals surface area (Å²) in [5.41, 5.74) is 2.10. The summed E-state index contributed by atoms with van der Waals surface area (Å²) in [5.74, 6) is 0.0666. The Morgan fingerprint density at radius 1 is 1.23 bits per heavy atom. The molecule has 1 atom stereocenters. The molecule has 0 aliphatic heterocycles. The minimum absolute atomic E-state index is 0.0103. The van der Waals surface area contributed by atoms with Gasteiger partial charge in [-0.3, -0.25) is 9.59 Å². The van der Waals surface area contributed by atoms with Crippen LogP contribution in [-0.2, 0) is 4.79 Å². The van der Waals surface area contributed by atoms with Crippen LogP contribution in [0, 0.1) is 17.2 Å². The topological polar surface area (TPSA) is 95.7 Å². The number of unbranched alkanes of at least 4 members (excludes halogenated alkanes) is 2. The van der Waals surface area contributed by atoms with Crippen molar-refractivity contribution in [2.24, 2.45) is 5.92 Å². The van der Waals surface area contributed by atoms with Gasteiger partial charge in [0.15, 0.2) is 5.78 Å². The minimum Gasteiger partial charge on any atom is -0.344 e. The monoisotopic (exact) mass is 402 g/mol. The van der Waals surface area contributed by atoms with E-state index in [2.05, 4.69) is 22.4 Å². The lowest BCUT2D eigenvalue weighted by Crippen LogP contribution is -2.30. The molecule has 1 unspecified atom stereocenters. The number of benzene rings is 1. The summed E-state index contributed by atoms with van der Waals surface area (Å²) in [5, 5.41) is 20.1. The zero-order chi connectivity index (χ0) is 21.3. The van der Waals surface area contributed by atoms with E-state index in [-0.39, 0.29) is 17.4 Å². The maximum absolute atomic E-state index is 12.7. The fourth-order valence-corrected chi connectivity index (χ4v) is 3.37. The molecule has 1 N–H and O–H groups in total. The van der Waals surface area contributed by atoms with E-state index in [0.717, 1.165) is 37.7 Å². The van der Waals surface area contributed by atoms with Crippen molar-refractivity contribution in [3.8, 4) is 6.07 Å². The van der Waals surface area contributed by atoms with E-state index in [1.54, 1.807) is 12.1 Å². The molecule has 1 aromatic carbocycles. The summed E-state index contributed by atoms with van der Waals surface area (Å²) in [7, 11) is 0. The fourth-order valence-electron chi connectivity index (χ4n) is 3.37. The van der Waals surface area contributed by atoms with Gasteiger partial charge in [0.25, 0.3) is 5.91 Å². The van der Waals surface area contributed by atoms with Crippen molar-refractivity contribution in [3.63, 3.8) is 0 Å². The second-order valence-electron chi connectivity index (χ2n) is 7.61. The summed E-state index contributed by atoms with van der Waals surface area (Å²) >= 11 is 0. The number of nitrogens with zero attached hydrogens (tertiary/aromatic N) is 3. The molecular formula is C24H26N4O2. The molecule has 1 heterocycles. The van der Waals surface area contributed by atoms with Crippen LogP contribution in [0.3, 0.4) is 0 Å². The van der Waals surface area contributed by atoms with Crippen LogP contribution in [0.2, 0.25) is 0 Å². The Morgan fingerprint density at radius 3 is 2.60 bits per heavy atom. The molecule has 6 heteroatoms. The molecule has 3 rings (SSSR count). The van der Waals surface area contributed by atoms with Crippen LogP contribution in [0.1, 0.15) is 73.1 Å². The average molecular weight is 402 g/mol. The molecule has 0 spiro atoms. The molecule has 6 nitrogen and oxygen atoms in total. The van der Waals surface area contributed by atoms with Crippen molar-refractivity contribution in [2.75, 3.05) is 0 Å². The largest absolute Gasteiger partial charge is 0.344 e. The molecule has 1 aliphatic carbocycles. The number of nitrogens with one attached hydrogen (secondary N) is 1. The highest BCUT2D eigenvalue weighted by Crippen LogP contribution is 2.41. The second-order valence-corrected chi connectivity index (χ2v) is 7.61. The summed E-state index contributed by atoms with van der Waals surface area (Å²) < 4.78 is 0. The van der Waals surface area contributed by atoms with Crippen molar-refractivity contribution in [2.45, 2.75) is 51.5 Å². The van der Waals surface area contributed by atoms with E-state index >= 15 is 0 Å². The van der Waals surface area contributed by atoms with Crippen LogP contribution in [-0.4, -0.2) is 21.9 Å². The molecule has 1 fully saturated rings. The first kappa shape index (κ1) is 21.4. The molecule has 1 amide bonds. The van der Waals surface area contributed by atoms with Gasteiger partial charge in [-0.15, -0.1) is 0 Å². The number of carbonyl (C=O) groups excluding carboxylic acids is 2. The van der Waals surface area contributed by atoms with Gasteiger partial charge >= 0.3 is 0 Å². The van der Waals surface area contributed by atoms with Gasteiger partial charge in [0.1, 0.15) is 11.6 Å². The summed E-state index contributed by atoms with van der Waals surface area (Å²) in [6, 6.07) is 12.7. The van der Waals surface area contributed by atoms with Crippen molar-refractivity contribution in [1.29, 1.82) is 5.26 Å². The van der Waals surface area contributed by atoms with Gasteiger partial charge in [0.2, 0.25) is 0 Å². The number of Topliss-reactive ketones (excluding diaryl/α,β-unsaturated/α-hetero) is 1. The molecule has 0 bridgehead atoms. The van der Waals surface area contributed by atoms with Crippen molar-refractivity contribution >= 4 is 17.8 Å². The SMILES string of the molecule is CCCCCC(=O)c1ccc(C(NC(=O)/C(C#N)=C/c2cccnn2)C2CC2)cc1. The molecule has 1 saturated carbocycles. The molecule has 0 radical (unpaired) electrons. The van der Waals surface area contributed by atoms with Crippen LogP contribution < -0.4 is 5.32 Å². The van der Waals surface area contributed by atoms with Gasteiger partial charge < -0.3 is 5.32 Å². The zero-order valence-electron chi connectivity index (χ0n) is 17.2. The van der Waals surface area contributed by atoms with Crippen molar-refractivity contribution in [1.82, 2.24) is 15.5 Å². The third-order valence-corrected chi connectivity index (χ3v) is 5.23. The van der Waals surface area contributed by atoms with Crippen LogP contribution in [0.15, 0.2) is 48.2 Å². The summed E-state index contributed by atoms with van der Waals surface area (Å²) in [4.78, 5) is 25.0. The van der Waals surface area contributed by atoms with Gasteiger partial charge in [-0.1, -0.05) is 44.0 Å². The number of ketones is 1. The van der Waals surface area contributed by atoms with Crippen molar-refractivity contribution in [3.05, 3.63) is 65.0 Å². The van der Waals surface area contributed by atoms with Gasteiger partial charge in [0, 0.05) is 18.2 Å². The van der Waals surface area contributed by atoms with E-state index in [0.29, 0.717) is 23.6 Å². The van der Waals surface area contributed by atoms with Gasteiger partial charge in [-0.2, -0.15) is 15.5 Å². The highest BCUT2D eigenvalue weighted by Gasteiger charge is 2.34. The Bertz CT molecular complexity index is 941. The molecule has 2 aromatic rings. The maximum atomic E-state index is 12.7. The molecular weight excluding hydrogens is 376 g/mol. The predicted octanol–water partition coefficient (Wildman–Crippen LogP) is 4.41. The molecule has 154 valence electrons. The van der Waals surface area contributed by atoms with Crippen LogP contribution in [0.5, 0.6) is 0 Å². The van der Waals surface area contributed by atoms with Crippen LogP contribution in [0.4, 0.5) is 0 Å². The molecule has 30 heavy (non-hydrogen) atoms. The highest BCUT2D eigenvalue weighted by molar-refractivity contribution is 6.01. The van der Waals surface area contributed by atoms with Gasteiger partial charge in [-0.25, -0.2) is 0 Å². The lowest BCUT2D eigenvalue weighted by molar-refractivity contribution is -0.117. The Balaban J connectivity index is 1.70. The molecule has 1 aromatic heterocycles. The first-order chi connectivity index (χ1) is 14.6. The quantitative estimate of drug-likeness (QED) is 0.275. The Labute approximate surface area is 177 Å². The Kier molecular flexibility index (Phi) is 7.45. The van der Waals surface area contributed by atoms with Crippen LogP contribution >= 0.6 is 0 Å². The lowest BCUT2D eigenvalue weighted by atomic mass is 9.98. The zero-order valence-corrected chi connectivity index (χ0v) is 17.2. The first-order valence-electron chi connectivity index (χ1n) is 10.5. The minimum atomic E-state index is -0.431. The van der Waals surface area contributed by atoms with Gasteiger partial charge in [0.05, 0.1) is 11.7 Å². The highest BCUT2D eigenvalue weighted by atomic mass is 16.1. The van der Waals surface area contributed by atoms with Gasteiger partial charge in [-0.05, 0) is 49.0 Å². The molecule has 1 aliphatic rings. The van der Waals surface area contributed by atoms with E-state index in [1.807, 2.05) is 30.3 Å². The average Bonchev–Trinajstić information content (AvgIpc) is 3.62. The number of amides is 1. The Morgan fingerprint density at radius 2 is 2.00 bits per heavy atom. The number of carbonyl (C=O) groups is 2. The number of hydrogen-bond donors (Lipinski definition) is 1. The van der Waals surface area contributed by atoms with E-state index in [9.17, 15) is 14.9 Å².